The smallest absolute Gasteiger partial charge is 0.379 e. The normalized spacial score (nSPS) is 23.5. The van der Waals surface area contributed by atoms with Crippen LogP contribution < -0.4 is 0 Å². The topological polar surface area (TPSA) is 317 Å². The van der Waals surface area contributed by atoms with E-state index in [4.69, 9.17) is 69.5 Å². The van der Waals surface area contributed by atoms with Gasteiger partial charge in [-0.05, 0) is 44.9 Å². The summed E-state index contributed by atoms with van der Waals surface area (Å²) in [7, 11) is -17.0. The van der Waals surface area contributed by atoms with Crippen LogP contribution in [0.4, 0.5) is 0 Å². The molecule has 29 heteroatoms. The lowest BCUT2D eigenvalue weighted by molar-refractivity contribution is -0.287. The fourth-order valence-corrected chi connectivity index (χ4v) is 7.49. The van der Waals surface area contributed by atoms with Crippen LogP contribution in [0.1, 0.15) is 51.4 Å². The molecule has 0 aliphatic carbocycles. The highest BCUT2D eigenvalue weighted by Gasteiger charge is 2.36. The molecule has 1 saturated heterocycles. The van der Waals surface area contributed by atoms with Crippen molar-refractivity contribution in [2.24, 2.45) is 0 Å². The van der Waals surface area contributed by atoms with Crippen molar-refractivity contribution < 1.29 is 107 Å². The van der Waals surface area contributed by atoms with Crippen LogP contribution in [0.3, 0.4) is 0 Å². The number of phosphoric acid groups is 5. The number of hydrogen-bond acceptors (Lipinski definition) is 18. The monoisotopic (exact) mass is 856 g/mol. The summed E-state index contributed by atoms with van der Waals surface area (Å²) in [6, 6.07) is -0.757. The SMILES string of the molecule is [B]C1CC(OO)C(COP(=O)(O)OCCCOP(=O)(O)OCCCOP(=O)(O)OCCCOP(=O)(O)OCCCOP(=O)(O)OCCCCC#C)O1. The highest BCUT2D eigenvalue weighted by atomic mass is 31.2. The van der Waals surface area contributed by atoms with Crippen molar-refractivity contribution >= 4 is 47.0 Å². The molecule has 0 bridgehead atoms. The summed E-state index contributed by atoms with van der Waals surface area (Å²) in [5.41, 5.74) is 0. The van der Waals surface area contributed by atoms with Crippen molar-refractivity contribution in [2.45, 2.75) is 69.6 Å². The van der Waals surface area contributed by atoms with Crippen molar-refractivity contribution in [1.29, 1.82) is 0 Å². The van der Waals surface area contributed by atoms with Crippen molar-refractivity contribution in [1.82, 2.24) is 0 Å². The first-order valence-electron chi connectivity index (χ1n) is 15.5. The fraction of sp³-hybridized carbons (Fsp3) is 0.913. The van der Waals surface area contributed by atoms with Crippen LogP contribution in [-0.4, -0.2) is 122 Å². The zero-order chi connectivity index (χ0) is 39.2. The first-order valence-corrected chi connectivity index (χ1v) is 23.0. The first-order chi connectivity index (χ1) is 24.3. The van der Waals surface area contributed by atoms with Gasteiger partial charge in [0, 0.05) is 12.4 Å². The molecule has 6 N–H and O–H groups in total. The van der Waals surface area contributed by atoms with E-state index in [1.165, 1.54) is 0 Å². The van der Waals surface area contributed by atoms with E-state index in [1.54, 1.807) is 0 Å². The molecule has 0 saturated carbocycles. The van der Waals surface area contributed by atoms with E-state index >= 15 is 0 Å². The van der Waals surface area contributed by atoms with Gasteiger partial charge in [-0.15, -0.1) is 12.3 Å². The lowest BCUT2D eigenvalue weighted by Crippen LogP contribution is -2.28. The van der Waals surface area contributed by atoms with Gasteiger partial charge in [-0.25, -0.2) is 27.7 Å². The maximum absolute atomic E-state index is 12.0. The minimum Gasteiger partial charge on any atom is -0.379 e. The van der Waals surface area contributed by atoms with E-state index in [2.05, 4.69) is 10.8 Å². The Kier molecular flexibility index (Phi) is 25.1. The van der Waals surface area contributed by atoms with E-state index in [9.17, 15) is 47.3 Å². The zero-order valence-electron chi connectivity index (χ0n) is 28.0. The van der Waals surface area contributed by atoms with Crippen LogP contribution in [0.5, 0.6) is 0 Å². The standard InChI is InChI=1S/C23H46BO23P5/c1-2-3-4-5-10-36-48(26,27)37-11-6-12-38-49(28,29)39-13-7-14-40-50(30,31)41-15-8-16-42-51(32,33)43-17-9-18-44-52(34,35)45-20-22-21(47-25)19-23(24)46-22/h1,21-23,25H,3-20H2,(H,26,27)(H,28,29)(H,30,31)(H,32,33)(H,34,35). The van der Waals surface area contributed by atoms with Gasteiger partial charge in [0.2, 0.25) is 0 Å². The maximum Gasteiger partial charge on any atom is 0.472 e. The van der Waals surface area contributed by atoms with Gasteiger partial charge in [-0.1, -0.05) is 0 Å². The quantitative estimate of drug-likeness (QED) is 0.0138. The molecule has 8 unspecified atom stereocenters. The maximum atomic E-state index is 12.0. The summed E-state index contributed by atoms with van der Waals surface area (Å²) in [4.78, 5) is 52.5. The van der Waals surface area contributed by atoms with Crippen LogP contribution in [-0.2, 0) is 77.7 Å². The Morgan fingerprint density at radius 3 is 1.17 bits per heavy atom. The summed E-state index contributed by atoms with van der Waals surface area (Å²) in [5, 5.41) is 8.80. The van der Waals surface area contributed by atoms with Gasteiger partial charge in [-0.3, -0.25) is 50.5 Å². The third-order valence-corrected chi connectivity index (χ3v) is 11.0. The molecule has 0 aromatic heterocycles. The third-order valence-electron chi connectivity index (χ3n) is 5.93. The van der Waals surface area contributed by atoms with Crippen molar-refractivity contribution in [3.8, 4) is 12.3 Å². The van der Waals surface area contributed by atoms with Gasteiger partial charge < -0.3 is 29.2 Å². The second-order valence-electron chi connectivity index (χ2n) is 10.3. The molecular weight excluding hydrogens is 810 g/mol. The lowest BCUT2D eigenvalue weighted by atomic mass is 9.96. The molecule has 8 atom stereocenters. The molecule has 1 rings (SSSR count). The zero-order valence-corrected chi connectivity index (χ0v) is 32.4. The van der Waals surface area contributed by atoms with E-state index in [1.807, 2.05) is 0 Å². The largest absolute Gasteiger partial charge is 0.472 e. The van der Waals surface area contributed by atoms with Gasteiger partial charge >= 0.3 is 39.1 Å². The van der Waals surface area contributed by atoms with Crippen LogP contribution in [0, 0.1) is 12.3 Å². The molecule has 0 aromatic carbocycles. The summed E-state index contributed by atoms with van der Waals surface area (Å²) < 4.78 is 112. The molecule has 2 radical (unpaired) electrons. The van der Waals surface area contributed by atoms with Gasteiger partial charge in [0.1, 0.15) is 20.1 Å². The Balaban J connectivity index is 2.09. The Labute approximate surface area is 302 Å². The fourth-order valence-electron chi connectivity index (χ4n) is 3.54. The summed E-state index contributed by atoms with van der Waals surface area (Å²) in [6.45, 7) is -3.78. The van der Waals surface area contributed by atoms with Gasteiger partial charge in [0.25, 0.3) is 0 Å². The molecule has 1 heterocycles. The lowest BCUT2D eigenvalue weighted by Gasteiger charge is -2.18. The average molecular weight is 856 g/mol. The second-order valence-corrected chi connectivity index (χ2v) is 17.6. The highest BCUT2D eigenvalue weighted by molar-refractivity contribution is 7.48. The first kappa shape index (κ1) is 50.1. The number of phosphoric ester groups is 5. The molecule has 0 amide bonds. The van der Waals surface area contributed by atoms with Crippen LogP contribution in [0.15, 0.2) is 0 Å². The van der Waals surface area contributed by atoms with Crippen molar-refractivity contribution in [3.05, 3.63) is 0 Å². The van der Waals surface area contributed by atoms with Gasteiger partial charge in [0.15, 0.2) is 0 Å². The number of terminal acetylenes is 1. The van der Waals surface area contributed by atoms with Gasteiger partial charge in [0.05, 0.1) is 66.1 Å². The Bertz CT molecular complexity index is 1290. The molecule has 0 aromatic rings. The number of ether oxygens (including phenoxy) is 1. The molecule has 1 aliphatic rings. The molecular formula is C23H46BO23P5. The van der Waals surface area contributed by atoms with Crippen LogP contribution in [0.25, 0.3) is 0 Å². The van der Waals surface area contributed by atoms with E-state index < -0.39 is 104 Å². The molecule has 304 valence electrons. The summed E-state index contributed by atoms with van der Waals surface area (Å²) in [6.07, 6.45) is 4.57. The van der Waals surface area contributed by atoms with Crippen molar-refractivity contribution in [3.63, 3.8) is 0 Å². The van der Waals surface area contributed by atoms with Gasteiger partial charge in [-0.2, -0.15) is 0 Å². The Morgan fingerprint density at radius 2 is 0.865 bits per heavy atom. The predicted octanol–water partition coefficient (Wildman–Crippen LogP) is 3.16. The molecule has 1 aliphatic heterocycles. The van der Waals surface area contributed by atoms with E-state index in [-0.39, 0.29) is 51.9 Å². The third kappa shape index (κ3) is 26.0. The predicted molar refractivity (Wildman–Crippen MR) is 176 cm³/mol. The van der Waals surface area contributed by atoms with Crippen molar-refractivity contribution in [2.75, 3.05) is 66.1 Å². The van der Waals surface area contributed by atoms with E-state index in [0.717, 1.165) is 0 Å². The molecule has 0 spiro atoms. The average Bonchev–Trinajstić information content (AvgIpc) is 3.42. The Hall–Kier alpha value is 0.0549. The number of unbranched alkanes of at least 4 members (excludes halogenated alkanes) is 2. The minimum atomic E-state index is -4.57. The second kappa shape index (κ2) is 26.1. The van der Waals surface area contributed by atoms with E-state index in [0.29, 0.717) is 19.3 Å². The summed E-state index contributed by atoms with van der Waals surface area (Å²) >= 11 is 0. The highest BCUT2D eigenvalue weighted by Crippen LogP contribution is 2.47. The molecule has 52 heavy (non-hydrogen) atoms. The minimum absolute atomic E-state index is 0.0344. The van der Waals surface area contributed by atoms with Crippen LogP contribution in [0.2, 0.25) is 0 Å². The Morgan fingerprint density at radius 1 is 0.558 bits per heavy atom. The number of hydrogen-bond donors (Lipinski definition) is 6. The molecule has 1 fully saturated rings. The van der Waals surface area contributed by atoms with Crippen LogP contribution >= 0.6 is 39.1 Å². The summed E-state index contributed by atoms with van der Waals surface area (Å²) in [5.74, 6) is 2.42. The molecule has 23 nitrogen and oxygen atoms in total. The number of rotatable bonds is 33.